The van der Waals surface area contributed by atoms with Crippen molar-refractivity contribution in [3.63, 3.8) is 0 Å². The van der Waals surface area contributed by atoms with Gasteiger partial charge in [-0.15, -0.1) is 0 Å². The molecule has 37 heavy (non-hydrogen) atoms. The Morgan fingerprint density at radius 3 is 2.62 bits per heavy atom. The molecule has 0 atom stereocenters. The summed E-state index contributed by atoms with van der Waals surface area (Å²) in [7, 11) is 1.55. The van der Waals surface area contributed by atoms with Crippen molar-refractivity contribution in [3.8, 4) is 11.4 Å². The van der Waals surface area contributed by atoms with Crippen molar-refractivity contribution in [1.82, 2.24) is 14.5 Å². The first kappa shape index (κ1) is 25.3. The summed E-state index contributed by atoms with van der Waals surface area (Å²) in [6, 6.07) is 16.6. The molecule has 0 unspecified atom stereocenters. The topological polar surface area (TPSA) is 64.4 Å². The summed E-state index contributed by atoms with van der Waals surface area (Å²) in [5.74, 6) is 0.262. The highest BCUT2D eigenvalue weighted by Crippen LogP contribution is 2.30. The summed E-state index contributed by atoms with van der Waals surface area (Å²) >= 11 is 7.45. The van der Waals surface area contributed by atoms with Crippen LogP contribution in [0.4, 0.5) is 4.39 Å². The first-order chi connectivity index (χ1) is 18.0. The molecule has 0 spiro atoms. The van der Waals surface area contributed by atoms with E-state index in [1.54, 1.807) is 61.7 Å². The summed E-state index contributed by atoms with van der Waals surface area (Å²) in [5.41, 5.74) is 1.50. The lowest BCUT2D eigenvalue weighted by atomic mass is 10.1. The molecule has 3 aromatic carbocycles. The third kappa shape index (κ3) is 5.22. The number of hydrogen-bond donors (Lipinski definition) is 0. The van der Waals surface area contributed by atoms with Crippen LogP contribution < -0.4 is 10.3 Å². The first-order valence-corrected chi connectivity index (χ1v) is 13.4. The lowest BCUT2D eigenvalue weighted by molar-refractivity contribution is 0.0724. The maximum absolute atomic E-state index is 14.5. The third-order valence-corrected chi connectivity index (χ3v) is 7.77. The van der Waals surface area contributed by atoms with Gasteiger partial charge in [-0.25, -0.2) is 9.37 Å². The van der Waals surface area contributed by atoms with Crippen LogP contribution >= 0.6 is 23.4 Å². The van der Waals surface area contributed by atoms with E-state index < -0.39 is 5.82 Å². The van der Waals surface area contributed by atoms with Gasteiger partial charge in [-0.2, -0.15) is 0 Å². The number of rotatable bonds is 6. The summed E-state index contributed by atoms with van der Waals surface area (Å²) in [4.78, 5) is 33.5. The molecule has 2 heterocycles. The van der Waals surface area contributed by atoms with Gasteiger partial charge < -0.3 is 9.64 Å². The van der Waals surface area contributed by atoms with Crippen molar-refractivity contribution in [1.29, 1.82) is 0 Å². The molecule has 190 valence electrons. The van der Waals surface area contributed by atoms with Crippen LogP contribution in [0.5, 0.6) is 5.75 Å². The second-order valence-corrected chi connectivity index (χ2v) is 10.2. The zero-order chi connectivity index (χ0) is 25.9. The van der Waals surface area contributed by atoms with E-state index in [2.05, 4.69) is 0 Å². The van der Waals surface area contributed by atoms with Crippen LogP contribution in [0.2, 0.25) is 5.02 Å². The molecule has 0 bridgehead atoms. The van der Waals surface area contributed by atoms with Gasteiger partial charge >= 0.3 is 0 Å². The molecule has 1 aliphatic heterocycles. The summed E-state index contributed by atoms with van der Waals surface area (Å²) < 4.78 is 21.3. The number of aromatic nitrogens is 2. The largest absolute Gasteiger partial charge is 0.497 e. The smallest absolute Gasteiger partial charge is 0.266 e. The average Bonchev–Trinajstić information content (AvgIpc) is 2.92. The van der Waals surface area contributed by atoms with Gasteiger partial charge in [0.15, 0.2) is 5.16 Å². The molecule has 1 fully saturated rings. The number of halogens is 2. The first-order valence-electron chi connectivity index (χ1n) is 12.0. The van der Waals surface area contributed by atoms with Crippen molar-refractivity contribution in [2.24, 2.45) is 0 Å². The second kappa shape index (κ2) is 10.9. The zero-order valence-electron chi connectivity index (χ0n) is 20.2. The van der Waals surface area contributed by atoms with E-state index in [9.17, 15) is 14.0 Å². The molecule has 0 N–H and O–H groups in total. The Hall–Kier alpha value is -3.36. The van der Waals surface area contributed by atoms with Crippen molar-refractivity contribution in [2.75, 3.05) is 20.2 Å². The second-order valence-electron chi connectivity index (χ2n) is 8.81. The fourth-order valence-corrected chi connectivity index (χ4v) is 5.82. The predicted molar refractivity (Wildman–Crippen MR) is 145 cm³/mol. The minimum Gasteiger partial charge on any atom is -0.497 e. The normalized spacial score (nSPS) is 13.6. The van der Waals surface area contributed by atoms with Crippen molar-refractivity contribution >= 4 is 40.2 Å². The molecular weight excluding hydrogens is 513 g/mol. The Bertz CT molecular complexity index is 1520. The van der Waals surface area contributed by atoms with Crippen LogP contribution in [0.25, 0.3) is 16.6 Å². The number of carbonyl (C=O) groups excluding carboxylic acids is 1. The summed E-state index contributed by atoms with van der Waals surface area (Å²) in [5, 5.41) is 1.04. The van der Waals surface area contributed by atoms with Crippen LogP contribution in [-0.2, 0) is 5.75 Å². The molecule has 0 aliphatic carbocycles. The number of benzene rings is 3. The van der Waals surface area contributed by atoms with E-state index in [0.717, 1.165) is 32.4 Å². The molecule has 1 aliphatic rings. The van der Waals surface area contributed by atoms with Gasteiger partial charge in [0, 0.05) is 41.1 Å². The van der Waals surface area contributed by atoms with E-state index in [4.69, 9.17) is 21.3 Å². The van der Waals surface area contributed by atoms with Gasteiger partial charge in [0.1, 0.15) is 11.6 Å². The number of ether oxygens (including phenoxy) is 1. The molecule has 9 heteroatoms. The highest BCUT2D eigenvalue weighted by atomic mass is 35.5. The number of hydrogen-bond acceptors (Lipinski definition) is 5. The zero-order valence-corrected chi connectivity index (χ0v) is 21.8. The van der Waals surface area contributed by atoms with Crippen LogP contribution in [-0.4, -0.2) is 40.6 Å². The number of methoxy groups -OCH3 is 1. The van der Waals surface area contributed by atoms with Gasteiger partial charge in [0.05, 0.1) is 23.7 Å². The number of thioether (sulfide) groups is 1. The Balaban J connectivity index is 1.61. The average molecular weight is 538 g/mol. The monoisotopic (exact) mass is 537 g/mol. The van der Waals surface area contributed by atoms with Gasteiger partial charge in [-0.05, 0) is 61.7 Å². The Morgan fingerprint density at radius 1 is 1.08 bits per heavy atom. The highest BCUT2D eigenvalue weighted by molar-refractivity contribution is 7.98. The molecule has 1 saturated heterocycles. The van der Waals surface area contributed by atoms with Crippen LogP contribution in [0.1, 0.15) is 35.2 Å². The number of piperidine rings is 1. The molecule has 0 saturated carbocycles. The molecule has 5 rings (SSSR count). The van der Waals surface area contributed by atoms with Crippen LogP contribution in [0.3, 0.4) is 0 Å². The van der Waals surface area contributed by atoms with Crippen LogP contribution in [0.15, 0.2) is 70.6 Å². The van der Waals surface area contributed by atoms with Crippen LogP contribution in [0, 0.1) is 5.82 Å². The van der Waals surface area contributed by atoms with E-state index in [0.29, 0.717) is 43.6 Å². The van der Waals surface area contributed by atoms with Crippen molar-refractivity contribution in [2.45, 2.75) is 30.2 Å². The molecule has 4 aromatic rings. The lowest BCUT2D eigenvalue weighted by Gasteiger charge is -2.26. The maximum Gasteiger partial charge on any atom is 0.266 e. The number of carbonyl (C=O) groups is 1. The number of likely N-dealkylation sites (tertiary alicyclic amines) is 1. The minimum atomic E-state index is -0.425. The summed E-state index contributed by atoms with van der Waals surface area (Å²) in [6.45, 7) is 1.46. The number of fused-ring (bicyclic) bond motifs is 1. The van der Waals surface area contributed by atoms with E-state index >= 15 is 0 Å². The maximum atomic E-state index is 14.5. The highest BCUT2D eigenvalue weighted by Gasteiger charge is 2.21. The molecule has 1 aromatic heterocycles. The van der Waals surface area contributed by atoms with Crippen molar-refractivity contribution < 1.29 is 13.9 Å². The van der Waals surface area contributed by atoms with Gasteiger partial charge in [-0.1, -0.05) is 35.5 Å². The molecule has 1 amide bonds. The SMILES string of the molecule is COc1cccc(-n2c(SCc3c(F)cccc3Cl)nc3cc(C(=O)N4CCCCC4)ccc3c2=O)c1. The predicted octanol–water partition coefficient (Wildman–Crippen LogP) is 6.11. The van der Waals surface area contributed by atoms with E-state index in [1.807, 2.05) is 4.90 Å². The Kier molecular flexibility index (Phi) is 7.48. The number of nitrogens with zero attached hydrogens (tertiary/aromatic N) is 3. The third-order valence-electron chi connectivity index (χ3n) is 6.45. The van der Waals surface area contributed by atoms with Gasteiger partial charge in [0.2, 0.25) is 0 Å². The quantitative estimate of drug-likeness (QED) is 0.219. The van der Waals surface area contributed by atoms with Gasteiger partial charge in [-0.3, -0.25) is 14.2 Å². The fraction of sp³-hybridized carbons (Fsp3) is 0.250. The molecular formula is C28H25ClFN3O3S. The number of amides is 1. The molecule has 6 nitrogen and oxygen atoms in total. The minimum absolute atomic E-state index is 0.0623. The van der Waals surface area contributed by atoms with Crippen molar-refractivity contribution in [3.05, 3.63) is 93.0 Å². The molecule has 0 radical (unpaired) electrons. The fourth-order valence-electron chi connectivity index (χ4n) is 4.46. The van der Waals surface area contributed by atoms with E-state index in [-0.39, 0.29) is 17.2 Å². The lowest BCUT2D eigenvalue weighted by Crippen LogP contribution is -2.35. The van der Waals surface area contributed by atoms with Gasteiger partial charge in [0.25, 0.3) is 11.5 Å². The summed E-state index contributed by atoms with van der Waals surface area (Å²) in [6.07, 6.45) is 3.10. The van der Waals surface area contributed by atoms with E-state index in [1.165, 1.54) is 22.4 Å². The Morgan fingerprint density at radius 2 is 1.86 bits per heavy atom. The Labute approximate surface area is 223 Å². The standard InChI is InChI=1S/C28H25ClFN3O3S/c1-36-20-8-5-7-19(16-20)33-27(35)21-12-11-18(26(34)32-13-3-2-4-14-32)15-25(21)31-28(33)37-17-22-23(29)9-6-10-24(22)30/h5-12,15-16H,2-4,13-14,17H2,1H3.